The molecule has 1 unspecified atom stereocenters. The van der Waals surface area contributed by atoms with Crippen molar-refractivity contribution in [1.82, 2.24) is 0 Å². The SMILES string of the molecule is CC(CP(C)C)C1=CC=CC1. The molecule has 0 amide bonds. The molecule has 0 nitrogen and oxygen atoms in total. The second-order valence-electron chi connectivity index (χ2n) is 3.54. The van der Waals surface area contributed by atoms with Gasteiger partial charge in [-0.2, -0.15) is 0 Å². The third-order valence-electron chi connectivity index (χ3n) is 2.07. The summed E-state index contributed by atoms with van der Waals surface area (Å²) in [6.45, 7) is 7.06. The highest BCUT2D eigenvalue weighted by atomic mass is 31.1. The maximum atomic E-state index is 2.36. The first-order chi connectivity index (χ1) is 5.20. The largest absolute Gasteiger partial charge is 0.113 e. The van der Waals surface area contributed by atoms with Gasteiger partial charge >= 0.3 is 0 Å². The molecule has 0 spiro atoms. The quantitative estimate of drug-likeness (QED) is 0.567. The van der Waals surface area contributed by atoms with Gasteiger partial charge in [0, 0.05) is 0 Å². The second kappa shape index (κ2) is 4.07. The van der Waals surface area contributed by atoms with Crippen LogP contribution in [0.4, 0.5) is 0 Å². The summed E-state index contributed by atoms with van der Waals surface area (Å²) in [5, 5.41) is 0. The van der Waals surface area contributed by atoms with Crippen molar-refractivity contribution in [3.05, 3.63) is 23.8 Å². The van der Waals surface area contributed by atoms with E-state index < -0.39 is 0 Å². The average Bonchev–Trinajstić information content (AvgIpc) is 2.35. The molecule has 0 fully saturated rings. The van der Waals surface area contributed by atoms with E-state index in [-0.39, 0.29) is 7.92 Å². The van der Waals surface area contributed by atoms with E-state index in [1.54, 1.807) is 5.57 Å². The number of allylic oxidation sites excluding steroid dienone is 4. The maximum Gasteiger partial charge on any atom is -0.0130 e. The van der Waals surface area contributed by atoms with Crippen molar-refractivity contribution in [2.75, 3.05) is 19.5 Å². The zero-order valence-corrected chi connectivity index (χ0v) is 8.57. The van der Waals surface area contributed by atoms with E-state index in [1.165, 1.54) is 12.6 Å². The van der Waals surface area contributed by atoms with Crippen LogP contribution in [0.1, 0.15) is 13.3 Å². The molecular weight excluding hydrogens is 151 g/mol. The van der Waals surface area contributed by atoms with Crippen LogP contribution in [0, 0.1) is 5.92 Å². The third-order valence-corrected chi connectivity index (χ3v) is 3.35. The summed E-state index contributed by atoms with van der Waals surface area (Å²) in [6.07, 6.45) is 9.30. The summed E-state index contributed by atoms with van der Waals surface area (Å²) in [5.74, 6) is 0.811. The number of rotatable bonds is 3. The smallest absolute Gasteiger partial charge is 0.0130 e. The standard InChI is InChI=1S/C10H17P/c1-9(8-11(2)3)10-6-4-5-7-10/h4-6,9H,7-8H2,1-3H3. The van der Waals surface area contributed by atoms with Gasteiger partial charge in [-0.15, -0.1) is 7.92 Å². The Balaban J connectivity index is 2.36. The van der Waals surface area contributed by atoms with E-state index in [9.17, 15) is 0 Å². The van der Waals surface area contributed by atoms with Crippen LogP contribution < -0.4 is 0 Å². The average molecular weight is 168 g/mol. The first kappa shape index (κ1) is 9.00. The first-order valence-corrected chi connectivity index (χ1v) is 6.62. The monoisotopic (exact) mass is 168 g/mol. The lowest BCUT2D eigenvalue weighted by molar-refractivity contribution is 0.762. The Hall–Kier alpha value is -0.0900. The lowest BCUT2D eigenvalue weighted by atomic mass is 10.0. The molecule has 0 heterocycles. The van der Waals surface area contributed by atoms with Gasteiger partial charge in [0.2, 0.25) is 0 Å². The van der Waals surface area contributed by atoms with Gasteiger partial charge in [0.05, 0.1) is 0 Å². The molecule has 0 aliphatic heterocycles. The van der Waals surface area contributed by atoms with Crippen LogP contribution in [0.15, 0.2) is 23.8 Å². The predicted octanol–water partition coefficient (Wildman–Crippen LogP) is 3.25. The molecule has 0 aromatic heterocycles. The topological polar surface area (TPSA) is 0 Å². The van der Waals surface area contributed by atoms with E-state index in [4.69, 9.17) is 0 Å². The molecule has 1 atom stereocenters. The minimum absolute atomic E-state index is 0.275. The Morgan fingerprint density at radius 1 is 1.55 bits per heavy atom. The number of hydrogen-bond acceptors (Lipinski definition) is 0. The molecule has 0 bridgehead atoms. The van der Waals surface area contributed by atoms with Crippen LogP contribution in [-0.2, 0) is 0 Å². The fourth-order valence-corrected chi connectivity index (χ4v) is 2.82. The van der Waals surface area contributed by atoms with E-state index in [0.717, 1.165) is 5.92 Å². The molecule has 1 rings (SSSR count). The van der Waals surface area contributed by atoms with Crippen molar-refractivity contribution < 1.29 is 0 Å². The minimum Gasteiger partial charge on any atom is -0.113 e. The molecule has 11 heavy (non-hydrogen) atoms. The summed E-state index contributed by atoms with van der Waals surface area (Å²) in [5.41, 5.74) is 1.63. The van der Waals surface area contributed by atoms with Gasteiger partial charge in [0.15, 0.2) is 0 Å². The van der Waals surface area contributed by atoms with E-state index in [0.29, 0.717) is 0 Å². The molecule has 0 saturated heterocycles. The first-order valence-electron chi connectivity index (χ1n) is 4.20. The molecular formula is C10H17P. The van der Waals surface area contributed by atoms with Crippen LogP contribution in [0.2, 0.25) is 0 Å². The van der Waals surface area contributed by atoms with Crippen LogP contribution in [-0.4, -0.2) is 19.5 Å². The molecule has 1 heteroatoms. The van der Waals surface area contributed by atoms with Crippen molar-refractivity contribution in [2.24, 2.45) is 5.92 Å². The van der Waals surface area contributed by atoms with Gasteiger partial charge in [-0.05, 0) is 31.8 Å². The third kappa shape index (κ3) is 2.79. The highest BCUT2D eigenvalue weighted by Crippen LogP contribution is 2.32. The fraction of sp³-hybridized carbons (Fsp3) is 0.600. The molecule has 1 aliphatic carbocycles. The van der Waals surface area contributed by atoms with Gasteiger partial charge in [-0.25, -0.2) is 0 Å². The van der Waals surface area contributed by atoms with E-state index in [1.807, 2.05) is 0 Å². The minimum atomic E-state index is 0.275. The Labute approximate surface area is 71.1 Å². The highest BCUT2D eigenvalue weighted by Gasteiger charge is 2.10. The van der Waals surface area contributed by atoms with Crippen molar-refractivity contribution in [1.29, 1.82) is 0 Å². The highest BCUT2D eigenvalue weighted by molar-refractivity contribution is 7.55. The second-order valence-corrected chi connectivity index (χ2v) is 6.06. The summed E-state index contributed by atoms with van der Waals surface area (Å²) in [4.78, 5) is 0. The fourth-order valence-electron chi connectivity index (χ4n) is 1.49. The Kier molecular flexibility index (Phi) is 3.33. The lowest BCUT2D eigenvalue weighted by Crippen LogP contribution is -2.01. The number of hydrogen-bond donors (Lipinski definition) is 0. The summed E-state index contributed by atoms with van der Waals surface area (Å²) in [6, 6.07) is 0. The van der Waals surface area contributed by atoms with Crippen LogP contribution in [0.25, 0.3) is 0 Å². The molecule has 0 aromatic carbocycles. The van der Waals surface area contributed by atoms with Gasteiger partial charge in [-0.1, -0.05) is 30.7 Å². The zero-order chi connectivity index (χ0) is 8.27. The van der Waals surface area contributed by atoms with Crippen molar-refractivity contribution >= 4 is 7.92 Å². The van der Waals surface area contributed by atoms with Crippen LogP contribution in [0.3, 0.4) is 0 Å². The normalized spacial score (nSPS) is 19.1. The maximum absolute atomic E-state index is 2.36. The molecule has 0 radical (unpaired) electrons. The summed E-state index contributed by atoms with van der Waals surface area (Å²) < 4.78 is 0. The Morgan fingerprint density at radius 2 is 2.27 bits per heavy atom. The molecule has 0 saturated carbocycles. The predicted molar refractivity (Wildman–Crippen MR) is 54.6 cm³/mol. The Bertz CT molecular complexity index is 177. The van der Waals surface area contributed by atoms with Gasteiger partial charge in [0.1, 0.15) is 0 Å². The van der Waals surface area contributed by atoms with Gasteiger partial charge in [-0.3, -0.25) is 0 Å². The van der Waals surface area contributed by atoms with Crippen molar-refractivity contribution in [2.45, 2.75) is 13.3 Å². The summed E-state index contributed by atoms with van der Waals surface area (Å²) >= 11 is 0. The van der Waals surface area contributed by atoms with Crippen molar-refractivity contribution in [3.63, 3.8) is 0 Å². The summed E-state index contributed by atoms with van der Waals surface area (Å²) in [7, 11) is 0.275. The Morgan fingerprint density at radius 3 is 2.73 bits per heavy atom. The lowest BCUT2D eigenvalue weighted by Gasteiger charge is -2.15. The molecule has 0 N–H and O–H groups in total. The molecule has 0 aromatic rings. The van der Waals surface area contributed by atoms with Crippen molar-refractivity contribution in [3.8, 4) is 0 Å². The van der Waals surface area contributed by atoms with E-state index >= 15 is 0 Å². The van der Waals surface area contributed by atoms with E-state index in [2.05, 4.69) is 38.5 Å². The molecule has 1 aliphatic rings. The van der Waals surface area contributed by atoms with Gasteiger partial charge in [0.25, 0.3) is 0 Å². The van der Waals surface area contributed by atoms with Crippen LogP contribution >= 0.6 is 7.92 Å². The van der Waals surface area contributed by atoms with Gasteiger partial charge < -0.3 is 0 Å². The molecule has 62 valence electrons. The van der Waals surface area contributed by atoms with Crippen LogP contribution in [0.5, 0.6) is 0 Å². The zero-order valence-electron chi connectivity index (χ0n) is 7.67.